The second-order valence-corrected chi connectivity index (χ2v) is 6.44. The van der Waals surface area contributed by atoms with E-state index in [-0.39, 0.29) is 29.6 Å². The summed E-state index contributed by atoms with van der Waals surface area (Å²) in [6.07, 6.45) is 2.44. The van der Waals surface area contributed by atoms with Crippen LogP contribution < -0.4 is 16.2 Å². The highest BCUT2D eigenvalue weighted by Crippen LogP contribution is 2.30. The molecule has 2 aromatic rings. The van der Waals surface area contributed by atoms with Gasteiger partial charge >= 0.3 is 0 Å². The van der Waals surface area contributed by atoms with Crippen LogP contribution in [0.3, 0.4) is 0 Å². The Bertz CT molecular complexity index is 894. The molecule has 130 valence electrons. The van der Waals surface area contributed by atoms with Crippen molar-refractivity contribution in [3.05, 3.63) is 45.7 Å². The van der Waals surface area contributed by atoms with Crippen LogP contribution in [0.4, 0.5) is 11.5 Å². The third-order valence-electron chi connectivity index (χ3n) is 4.10. The summed E-state index contributed by atoms with van der Waals surface area (Å²) in [5, 5.41) is 5.82. The van der Waals surface area contributed by atoms with E-state index in [4.69, 9.17) is 0 Å². The Morgan fingerprint density at radius 1 is 1.36 bits per heavy atom. The van der Waals surface area contributed by atoms with Crippen LogP contribution in [0.15, 0.2) is 34.2 Å². The fourth-order valence-corrected chi connectivity index (χ4v) is 3.22. The number of carbonyl (C=O) groups is 2. The highest BCUT2D eigenvalue weighted by Gasteiger charge is 2.34. The lowest BCUT2D eigenvalue weighted by Crippen LogP contribution is -2.36. The van der Waals surface area contributed by atoms with Gasteiger partial charge in [-0.25, -0.2) is 4.98 Å². The van der Waals surface area contributed by atoms with Crippen molar-refractivity contribution in [2.24, 2.45) is 0 Å². The standard InChI is InChI=1S/C17H18N4O3S/c1-3-9-6-4-5-7-11(9)18-15(23)10-8-12(22)19-14-13(10)16(24)21-17(20-14)25-2/h4-7,10H,3,8H2,1-2H3,(H,18,23)(H2,19,20,21,22,24)/t10-/m1/s1. The molecule has 1 aromatic carbocycles. The van der Waals surface area contributed by atoms with E-state index < -0.39 is 11.5 Å². The summed E-state index contributed by atoms with van der Waals surface area (Å²) in [5.74, 6) is -1.43. The molecule has 3 rings (SSSR count). The van der Waals surface area contributed by atoms with Crippen LogP contribution in [0.2, 0.25) is 0 Å². The Kier molecular flexibility index (Phi) is 4.89. The minimum Gasteiger partial charge on any atom is -0.325 e. The Morgan fingerprint density at radius 3 is 2.84 bits per heavy atom. The van der Waals surface area contributed by atoms with Crippen LogP contribution in [0.5, 0.6) is 0 Å². The van der Waals surface area contributed by atoms with Crippen molar-refractivity contribution >= 4 is 35.1 Å². The fourth-order valence-electron chi connectivity index (χ4n) is 2.84. The van der Waals surface area contributed by atoms with Gasteiger partial charge in [-0.1, -0.05) is 36.9 Å². The lowest BCUT2D eigenvalue weighted by atomic mass is 9.92. The van der Waals surface area contributed by atoms with Crippen molar-refractivity contribution in [3.8, 4) is 0 Å². The van der Waals surface area contributed by atoms with E-state index in [1.54, 1.807) is 12.3 Å². The van der Waals surface area contributed by atoms with Gasteiger partial charge in [-0.05, 0) is 24.3 Å². The maximum atomic E-state index is 12.8. The lowest BCUT2D eigenvalue weighted by molar-refractivity contribution is -0.123. The maximum absolute atomic E-state index is 12.8. The molecule has 0 fully saturated rings. The molecule has 1 aliphatic rings. The number of fused-ring (bicyclic) bond motifs is 1. The first-order chi connectivity index (χ1) is 12.0. The molecule has 7 nitrogen and oxygen atoms in total. The zero-order valence-electron chi connectivity index (χ0n) is 13.9. The number of aromatic amines is 1. The van der Waals surface area contributed by atoms with E-state index in [0.29, 0.717) is 10.8 Å². The first-order valence-corrected chi connectivity index (χ1v) is 9.12. The zero-order chi connectivity index (χ0) is 18.0. The smallest absolute Gasteiger partial charge is 0.257 e. The predicted octanol–water partition coefficient (Wildman–Crippen LogP) is 2.12. The second-order valence-electron chi connectivity index (χ2n) is 5.64. The van der Waals surface area contributed by atoms with Crippen LogP contribution in [0.25, 0.3) is 0 Å². The molecule has 2 amide bonds. The SMILES string of the molecule is CCc1ccccc1NC(=O)[C@@H]1CC(=O)Nc2nc(SC)[nH]c(=O)c21. The number of hydrogen-bond donors (Lipinski definition) is 3. The number of amides is 2. The summed E-state index contributed by atoms with van der Waals surface area (Å²) in [5.41, 5.74) is 1.47. The van der Waals surface area contributed by atoms with Crippen molar-refractivity contribution in [2.75, 3.05) is 16.9 Å². The first kappa shape index (κ1) is 17.2. The molecule has 1 aromatic heterocycles. The van der Waals surface area contributed by atoms with E-state index in [1.807, 2.05) is 25.1 Å². The van der Waals surface area contributed by atoms with Gasteiger partial charge in [0, 0.05) is 12.1 Å². The Labute approximate surface area is 148 Å². The Hall–Kier alpha value is -2.61. The van der Waals surface area contributed by atoms with Crippen LogP contribution in [-0.4, -0.2) is 28.0 Å². The Morgan fingerprint density at radius 2 is 2.12 bits per heavy atom. The van der Waals surface area contributed by atoms with Crippen molar-refractivity contribution in [1.29, 1.82) is 0 Å². The number of nitrogens with one attached hydrogen (secondary N) is 3. The molecule has 0 saturated carbocycles. The molecule has 1 atom stereocenters. The second kappa shape index (κ2) is 7.10. The highest BCUT2D eigenvalue weighted by atomic mass is 32.2. The molecule has 0 bridgehead atoms. The molecule has 0 aliphatic carbocycles. The number of aryl methyl sites for hydroxylation is 1. The third kappa shape index (κ3) is 3.43. The number of H-pyrrole nitrogens is 1. The number of aromatic nitrogens is 2. The quantitative estimate of drug-likeness (QED) is 0.574. The number of carbonyl (C=O) groups excluding carboxylic acids is 2. The predicted molar refractivity (Wildman–Crippen MR) is 97.1 cm³/mol. The third-order valence-corrected chi connectivity index (χ3v) is 4.68. The van der Waals surface area contributed by atoms with Crippen molar-refractivity contribution < 1.29 is 9.59 Å². The van der Waals surface area contributed by atoms with Gasteiger partial charge in [-0.15, -0.1) is 0 Å². The number of rotatable bonds is 4. The summed E-state index contributed by atoms with van der Waals surface area (Å²) in [6.45, 7) is 1.99. The van der Waals surface area contributed by atoms with Gasteiger partial charge < -0.3 is 15.6 Å². The molecule has 1 aliphatic heterocycles. The van der Waals surface area contributed by atoms with Gasteiger partial charge in [0.05, 0.1) is 11.5 Å². The molecule has 25 heavy (non-hydrogen) atoms. The molecular formula is C17H18N4O3S. The maximum Gasteiger partial charge on any atom is 0.257 e. The molecule has 2 heterocycles. The summed E-state index contributed by atoms with van der Waals surface area (Å²) >= 11 is 1.26. The Balaban J connectivity index is 1.97. The highest BCUT2D eigenvalue weighted by molar-refractivity contribution is 7.98. The molecular weight excluding hydrogens is 340 g/mol. The summed E-state index contributed by atoms with van der Waals surface area (Å²) < 4.78 is 0. The number of benzene rings is 1. The van der Waals surface area contributed by atoms with E-state index in [1.165, 1.54) is 11.8 Å². The zero-order valence-corrected chi connectivity index (χ0v) is 14.7. The number of anilines is 2. The number of thioether (sulfide) groups is 1. The number of nitrogens with zero attached hydrogens (tertiary/aromatic N) is 1. The minimum absolute atomic E-state index is 0.0868. The van der Waals surface area contributed by atoms with Crippen LogP contribution >= 0.6 is 11.8 Å². The first-order valence-electron chi connectivity index (χ1n) is 7.90. The average Bonchev–Trinajstić information content (AvgIpc) is 2.60. The molecule has 0 radical (unpaired) electrons. The van der Waals surface area contributed by atoms with Gasteiger partial charge in [-0.2, -0.15) is 0 Å². The topological polar surface area (TPSA) is 104 Å². The van der Waals surface area contributed by atoms with E-state index in [9.17, 15) is 14.4 Å². The van der Waals surface area contributed by atoms with Crippen LogP contribution in [-0.2, 0) is 16.0 Å². The van der Waals surface area contributed by atoms with Gasteiger partial charge in [0.15, 0.2) is 5.16 Å². The molecule has 0 spiro atoms. The molecule has 8 heteroatoms. The van der Waals surface area contributed by atoms with Crippen molar-refractivity contribution in [2.45, 2.75) is 30.8 Å². The summed E-state index contributed by atoms with van der Waals surface area (Å²) in [6, 6.07) is 7.46. The minimum atomic E-state index is -0.874. The van der Waals surface area contributed by atoms with Gasteiger partial charge in [0.2, 0.25) is 11.8 Å². The number of hydrogen-bond acceptors (Lipinski definition) is 5. The summed E-state index contributed by atoms with van der Waals surface area (Å²) in [4.78, 5) is 44.0. The average molecular weight is 358 g/mol. The van der Waals surface area contributed by atoms with Gasteiger partial charge in [-0.3, -0.25) is 14.4 Å². The van der Waals surface area contributed by atoms with Crippen LogP contribution in [0.1, 0.15) is 30.4 Å². The van der Waals surface area contributed by atoms with E-state index in [2.05, 4.69) is 20.6 Å². The molecule has 3 N–H and O–H groups in total. The largest absolute Gasteiger partial charge is 0.325 e. The summed E-state index contributed by atoms with van der Waals surface area (Å²) in [7, 11) is 0. The lowest BCUT2D eigenvalue weighted by Gasteiger charge is -2.23. The monoisotopic (exact) mass is 358 g/mol. The van der Waals surface area contributed by atoms with E-state index in [0.717, 1.165) is 12.0 Å². The normalized spacial score (nSPS) is 16.1. The fraction of sp³-hybridized carbons (Fsp3) is 0.294. The van der Waals surface area contributed by atoms with Crippen LogP contribution in [0, 0.1) is 0 Å². The number of para-hydroxylation sites is 1. The van der Waals surface area contributed by atoms with Gasteiger partial charge in [0.25, 0.3) is 5.56 Å². The molecule has 0 unspecified atom stereocenters. The van der Waals surface area contributed by atoms with E-state index >= 15 is 0 Å². The van der Waals surface area contributed by atoms with Crippen molar-refractivity contribution in [3.63, 3.8) is 0 Å². The van der Waals surface area contributed by atoms with Gasteiger partial charge in [0.1, 0.15) is 5.82 Å². The molecule has 0 saturated heterocycles. The van der Waals surface area contributed by atoms with Crippen molar-refractivity contribution in [1.82, 2.24) is 9.97 Å².